The van der Waals surface area contributed by atoms with Crippen LogP contribution in [0.5, 0.6) is 0 Å². The van der Waals surface area contributed by atoms with Crippen molar-refractivity contribution in [2.24, 2.45) is 0 Å². The molecule has 1 aromatic rings. The SMILES string of the molecule is COC1Cc2c(cccc2[N+](=O)[O-])C(=O)O1. The van der Waals surface area contributed by atoms with E-state index in [2.05, 4.69) is 0 Å². The van der Waals surface area contributed by atoms with Crippen LogP contribution in [0.25, 0.3) is 0 Å². The molecule has 0 bridgehead atoms. The third-order valence-electron chi connectivity index (χ3n) is 2.44. The van der Waals surface area contributed by atoms with Crippen molar-refractivity contribution >= 4 is 11.7 Å². The predicted octanol–water partition coefficient (Wildman–Crippen LogP) is 1.28. The maximum Gasteiger partial charge on any atom is 0.340 e. The first-order valence-electron chi connectivity index (χ1n) is 4.63. The van der Waals surface area contributed by atoms with Gasteiger partial charge in [0.1, 0.15) is 0 Å². The summed E-state index contributed by atoms with van der Waals surface area (Å²) in [5.74, 6) is -0.586. The third kappa shape index (κ3) is 1.63. The lowest BCUT2D eigenvalue weighted by Crippen LogP contribution is -2.29. The number of nitrogens with zero attached hydrogens (tertiary/aromatic N) is 1. The number of esters is 1. The van der Waals surface area contributed by atoms with Gasteiger partial charge in [0, 0.05) is 19.6 Å². The number of hydrogen-bond donors (Lipinski definition) is 0. The van der Waals surface area contributed by atoms with Crippen molar-refractivity contribution in [2.45, 2.75) is 12.7 Å². The zero-order valence-electron chi connectivity index (χ0n) is 8.50. The van der Waals surface area contributed by atoms with Gasteiger partial charge in [0.15, 0.2) is 0 Å². The van der Waals surface area contributed by atoms with E-state index in [9.17, 15) is 14.9 Å². The maximum atomic E-state index is 11.5. The summed E-state index contributed by atoms with van der Waals surface area (Å²) >= 11 is 0. The number of nitro benzene ring substituents is 1. The molecule has 0 fully saturated rings. The van der Waals surface area contributed by atoms with Crippen LogP contribution >= 0.6 is 0 Å². The van der Waals surface area contributed by atoms with Crippen LogP contribution in [0, 0.1) is 10.1 Å². The third-order valence-corrected chi connectivity index (χ3v) is 2.44. The summed E-state index contributed by atoms with van der Waals surface area (Å²) in [6.45, 7) is 0. The fraction of sp³-hybridized carbons (Fsp3) is 0.300. The lowest BCUT2D eigenvalue weighted by atomic mass is 10.00. The van der Waals surface area contributed by atoms with Crippen LogP contribution in [-0.2, 0) is 15.9 Å². The number of carbonyl (C=O) groups is 1. The first-order chi connectivity index (χ1) is 7.63. The van der Waals surface area contributed by atoms with Crippen LogP contribution in [0.1, 0.15) is 15.9 Å². The van der Waals surface area contributed by atoms with E-state index in [1.807, 2.05) is 0 Å². The van der Waals surface area contributed by atoms with Gasteiger partial charge in [-0.1, -0.05) is 6.07 Å². The normalized spacial score (nSPS) is 18.8. The Balaban J connectivity index is 2.52. The molecule has 1 aliphatic rings. The van der Waals surface area contributed by atoms with Gasteiger partial charge in [-0.3, -0.25) is 10.1 Å². The Labute approximate surface area is 90.9 Å². The molecule has 0 saturated carbocycles. The summed E-state index contributed by atoms with van der Waals surface area (Å²) in [7, 11) is 1.39. The molecular formula is C10H9NO5. The number of carbonyl (C=O) groups excluding carboxylic acids is 1. The van der Waals surface area contributed by atoms with E-state index in [1.54, 1.807) is 0 Å². The lowest BCUT2D eigenvalue weighted by molar-refractivity contribution is -0.385. The monoisotopic (exact) mass is 223 g/mol. The molecule has 16 heavy (non-hydrogen) atoms. The van der Waals surface area contributed by atoms with Crippen molar-refractivity contribution in [3.63, 3.8) is 0 Å². The highest BCUT2D eigenvalue weighted by molar-refractivity contribution is 5.93. The van der Waals surface area contributed by atoms with Crippen LogP contribution in [-0.4, -0.2) is 24.3 Å². The second kappa shape index (κ2) is 3.90. The summed E-state index contributed by atoms with van der Waals surface area (Å²) in [5.41, 5.74) is 0.536. The zero-order chi connectivity index (χ0) is 11.7. The molecule has 1 aliphatic heterocycles. The molecule has 0 aromatic heterocycles. The molecule has 0 aliphatic carbocycles. The van der Waals surface area contributed by atoms with Gasteiger partial charge in [0.25, 0.3) is 5.69 Å². The average molecular weight is 223 g/mol. The zero-order valence-corrected chi connectivity index (χ0v) is 8.50. The number of rotatable bonds is 2. The average Bonchev–Trinajstić information content (AvgIpc) is 2.28. The van der Waals surface area contributed by atoms with E-state index in [4.69, 9.17) is 9.47 Å². The topological polar surface area (TPSA) is 78.7 Å². The summed E-state index contributed by atoms with van der Waals surface area (Å²) in [5, 5.41) is 10.8. The van der Waals surface area contributed by atoms with Crippen LogP contribution in [0.2, 0.25) is 0 Å². The van der Waals surface area contributed by atoms with Crippen LogP contribution in [0.15, 0.2) is 18.2 Å². The van der Waals surface area contributed by atoms with Crippen LogP contribution < -0.4 is 0 Å². The van der Waals surface area contributed by atoms with Crippen molar-refractivity contribution in [1.29, 1.82) is 0 Å². The molecule has 0 radical (unpaired) electrons. The Kier molecular flexibility index (Phi) is 2.57. The fourth-order valence-corrected chi connectivity index (χ4v) is 1.67. The highest BCUT2D eigenvalue weighted by atomic mass is 16.7. The van der Waals surface area contributed by atoms with E-state index < -0.39 is 17.2 Å². The van der Waals surface area contributed by atoms with Crippen molar-refractivity contribution in [3.05, 3.63) is 39.4 Å². The van der Waals surface area contributed by atoms with Gasteiger partial charge in [-0.05, 0) is 6.07 Å². The molecular weight excluding hydrogens is 214 g/mol. The lowest BCUT2D eigenvalue weighted by Gasteiger charge is -2.22. The van der Waals surface area contributed by atoms with Gasteiger partial charge in [-0.25, -0.2) is 4.79 Å². The highest BCUT2D eigenvalue weighted by Gasteiger charge is 2.31. The Hall–Kier alpha value is -1.95. The predicted molar refractivity (Wildman–Crippen MR) is 53.0 cm³/mol. The molecule has 1 heterocycles. The highest BCUT2D eigenvalue weighted by Crippen LogP contribution is 2.28. The van der Waals surface area contributed by atoms with Gasteiger partial charge in [0.2, 0.25) is 6.29 Å². The number of cyclic esters (lactones) is 1. The Morgan fingerprint density at radius 3 is 2.94 bits per heavy atom. The molecule has 84 valence electrons. The summed E-state index contributed by atoms with van der Waals surface area (Å²) in [4.78, 5) is 21.8. The Morgan fingerprint density at radius 1 is 1.56 bits per heavy atom. The smallest absolute Gasteiger partial charge is 0.340 e. The first-order valence-corrected chi connectivity index (χ1v) is 4.63. The van der Waals surface area contributed by atoms with Gasteiger partial charge in [-0.2, -0.15) is 0 Å². The largest absolute Gasteiger partial charge is 0.432 e. The van der Waals surface area contributed by atoms with Crippen molar-refractivity contribution in [2.75, 3.05) is 7.11 Å². The second-order valence-electron chi connectivity index (χ2n) is 3.34. The summed E-state index contributed by atoms with van der Waals surface area (Å²) in [6, 6.07) is 4.34. The van der Waals surface area contributed by atoms with Gasteiger partial charge < -0.3 is 9.47 Å². The van der Waals surface area contributed by atoms with E-state index in [0.29, 0.717) is 5.56 Å². The molecule has 1 unspecified atom stereocenters. The quantitative estimate of drug-likeness (QED) is 0.428. The van der Waals surface area contributed by atoms with E-state index in [-0.39, 0.29) is 17.7 Å². The number of ether oxygens (including phenoxy) is 2. The molecule has 0 N–H and O–H groups in total. The minimum absolute atomic E-state index is 0.0730. The van der Waals surface area contributed by atoms with E-state index >= 15 is 0 Å². The molecule has 0 saturated heterocycles. The number of benzene rings is 1. The first kappa shape index (κ1) is 10.6. The standard InChI is InChI=1S/C10H9NO5/c1-15-9-5-7-6(10(12)16-9)3-2-4-8(7)11(13)14/h2-4,9H,5H2,1H3. The van der Waals surface area contributed by atoms with Crippen molar-refractivity contribution in [3.8, 4) is 0 Å². The number of fused-ring (bicyclic) bond motifs is 1. The van der Waals surface area contributed by atoms with Gasteiger partial charge >= 0.3 is 5.97 Å². The molecule has 0 amide bonds. The van der Waals surface area contributed by atoms with Crippen molar-refractivity contribution in [1.82, 2.24) is 0 Å². The molecule has 6 nitrogen and oxygen atoms in total. The Bertz CT molecular complexity index is 442. The molecule has 2 rings (SSSR count). The van der Waals surface area contributed by atoms with Gasteiger partial charge in [-0.15, -0.1) is 0 Å². The second-order valence-corrected chi connectivity index (χ2v) is 3.34. The Morgan fingerprint density at radius 2 is 2.31 bits per heavy atom. The maximum absolute atomic E-state index is 11.5. The van der Waals surface area contributed by atoms with E-state index in [1.165, 1.54) is 25.3 Å². The number of hydrogen-bond acceptors (Lipinski definition) is 5. The minimum atomic E-state index is -0.749. The van der Waals surface area contributed by atoms with E-state index in [0.717, 1.165) is 0 Å². The minimum Gasteiger partial charge on any atom is -0.432 e. The number of methoxy groups -OCH3 is 1. The number of nitro groups is 1. The summed E-state index contributed by atoms with van der Waals surface area (Å²) < 4.78 is 9.80. The fourth-order valence-electron chi connectivity index (χ4n) is 1.67. The molecule has 6 heteroatoms. The molecule has 0 spiro atoms. The van der Waals surface area contributed by atoms with Crippen LogP contribution in [0.4, 0.5) is 5.69 Å². The summed E-state index contributed by atoms with van der Waals surface area (Å²) in [6.07, 6.45) is -0.546. The molecule has 1 atom stereocenters. The van der Waals surface area contributed by atoms with Gasteiger partial charge in [0.05, 0.1) is 16.1 Å². The van der Waals surface area contributed by atoms with Crippen molar-refractivity contribution < 1.29 is 19.2 Å². The van der Waals surface area contributed by atoms with Crippen LogP contribution in [0.3, 0.4) is 0 Å². The molecule has 1 aromatic carbocycles.